The quantitative estimate of drug-likeness (QED) is 0.591. The van der Waals surface area contributed by atoms with Crippen molar-refractivity contribution in [2.45, 2.75) is 19.4 Å². The number of aryl methyl sites for hydroxylation is 2. The van der Waals surface area contributed by atoms with Gasteiger partial charge >= 0.3 is 0 Å². The molecule has 0 radical (unpaired) electrons. The van der Waals surface area contributed by atoms with Crippen LogP contribution in [0.5, 0.6) is 5.75 Å². The maximum Gasteiger partial charge on any atom is 0.272 e. The zero-order valence-corrected chi connectivity index (χ0v) is 14.5. The second-order valence-electron chi connectivity index (χ2n) is 6.71. The first-order chi connectivity index (χ1) is 12.8. The van der Waals surface area contributed by atoms with Gasteiger partial charge in [-0.05, 0) is 36.1 Å². The van der Waals surface area contributed by atoms with Gasteiger partial charge in [-0.3, -0.25) is 15.0 Å². The van der Waals surface area contributed by atoms with Gasteiger partial charge in [0, 0.05) is 23.7 Å². The van der Waals surface area contributed by atoms with Crippen LogP contribution in [0, 0.1) is 0 Å². The van der Waals surface area contributed by atoms with E-state index in [0.717, 1.165) is 42.0 Å². The third-order valence-electron chi connectivity index (χ3n) is 5.23. The molecule has 0 spiro atoms. The highest BCUT2D eigenvalue weighted by Gasteiger charge is 2.21. The largest absolute Gasteiger partial charge is 0.497 e. The Kier molecular flexibility index (Phi) is 3.28. The summed E-state index contributed by atoms with van der Waals surface area (Å²) in [5, 5.41) is 7.05. The fraction of sp³-hybridized carbons (Fsp3) is 0.190. The predicted molar refractivity (Wildman–Crippen MR) is 103 cm³/mol. The Balaban J connectivity index is 1.78. The Morgan fingerprint density at radius 3 is 2.88 bits per heavy atom. The molecule has 1 aliphatic heterocycles. The second-order valence-corrected chi connectivity index (χ2v) is 6.71. The third-order valence-corrected chi connectivity index (χ3v) is 5.23. The zero-order valence-electron chi connectivity index (χ0n) is 14.5. The van der Waals surface area contributed by atoms with Crippen molar-refractivity contribution in [2.75, 3.05) is 7.11 Å². The van der Waals surface area contributed by atoms with Crippen molar-refractivity contribution in [2.24, 2.45) is 0 Å². The summed E-state index contributed by atoms with van der Waals surface area (Å²) in [5.74, 6) is 0.733. The minimum atomic E-state index is -0.125. The normalized spacial score (nSPS) is 13.3. The number of hydrogen-bond acceptors (Lipinski definition) is 2. The lowest BCUT2D eigenvalue weighted by atomic mass is 9.99. The maximum atomic E-state index is 12.6. The number of ether oxygens (including phenoxy) is 1. The van der Waals surface area contributed by atoms with Crippen LogP contribution in [0.2, 0.25) is 0 Å². The lowest BCUT2D eigenvalue weighted by Gasteiger charge is -2.14. The Labute approximate surface area is 150 Å². The third kappa shape index (κ3) is 2.13. The molecule has 0 aliphatic carbocycles. The molecule has 0 amide bonds. The van der Waals surface area contributed by atoms with Crippen LogP contribution >= 0.6 is 0 Å². The average Bonchev–Trinajstić information content (AvgIpc) is 3.24. The number of methoxy groups -OCH3 is 1. The Morgan fingerprint density at radius 1 is 1.12 bits per heavy atom. The summed E-state index contributed by atoms with van der Waals surface area (Å²) < 4.78 is 7.64. The van der Waals surface area contributed by atoms with Crippen LogP contribution in [0.15, 0.2) is 53.5 Å². The lowest BCUT2D eigenvalue weighted by molar-refractivity contribution is 0.415. The molecule has 0 atom stereocenters. The van der Waals surface area contributed by atoms with Gasteiger partial charge in [0.25, 0.3) is 5.56 Å². The van der Waals surface area contributed by atoms with Gasteiger partial charge in [-0.2, -0.15) is 0 Å². The number of hydrogen-bond donors (Lipinski definition) is 2. The number of benzene rings is 2. The topological polar surface area (TPSA) is 62.8 Å². The van der Waals surface area contributed by atoms with Crippen molar-refractivity contribution in [3.05, 3.63) is 64.6 Å². The molecular weight excluding hydrogens is 326 g/mol. The van der Waals surface area contributed by atoms with Crippen LogP contribution in [0.4, 0.5) is 0 Å². The van der Waals surface area contributed by atoms with E-state index < -0.39 is 0 Å². The summed E-state index contributed by atoms with van der Waals surface area (Å²) >= 11 is 0. The van der Waals surface area contributed by atoms with Gasteiger partial charge in [-0.25, -0.2) is 0 Å². The van der Waals surface area contributed by atoms with E-state index in [1.807, 2.05) is 24.3 Å². The molecular formula is C21H19N3O2. The number of aromatic nitrogens is 3. The number of H-pyrrole nitrogens is 2. The molecule has 2 aromatic heterocycles. The number of rotatable bonds is 3. The van der Waals surface area contributed by atoms with Crippen LogP contribution in [-0.4, -0.2) is 21.9 Å². The van der Waals surface area contributed by atoms with E-state index in [0.29, 0.717) is 5.56 Å². The average molecular weight is 345 g/mol. The molecule has 3 heterocycles. The minimum absolute atomic E-state index is 0.125. The van der Waals surface area contributed by atoms with E-state index in [2.05, 4.69) is 39.2 Å². The van der Waals surface area contributed by atoms with Crippen molar-refractivity contribution >= 4 is 10.9 Å². The minimum Gasteiger partial charge on any atom is -0.497 e. The number of aromatic amines is 2. The van der Waals surface area contributed by atoms with E-state index in [1.54, 1.807) is 7.11 Å². The molecule has 0 unspecified atom stereocenters. The highest BCUT2D eigenvalue weighted by atomic mass is 16.5. The molecule has 0 saturated heterocycles. The van der Waals surface area contributed by atoms with E-state index in [9.17, 15) is 4.79 Å². The van der Waals surface area contributed by atoms with Gasteiger partial charge in [0.05, 0.1) is 23.9 Å². The molecule has 5 nitrogen and oxygen atoms in total. The van der Waals surface area contributed by atoms with Crippen LogP contribution < -0.4 is 10.3 Å². The fourth-order valence-electron chi connectivity index (χ4n) is 4.07. The number of nitrogens with one attached hydrogen (secondary N) is 2. The van der Waals surface area contributed by atoms with Crippen molar-refractivity contribution < 1.29 is 4.74 Å². The molecule has 2 N–H and O–H groups in total. The number of nitrogens with zero attached hydrogens (tertiary/aromatic N) is 1. The summed E-state index contributed by atoms with van der Waals surface area (Å²) in [6.45, 7) is 1.01. The second kappa shape index (κ2) is 5.66. The van der Waals surface area contributed by atoms with E-state index in [4.69, 9.17) is 4.74 Å². The molecule has 1 aliphatic rings. The lowest BCUT2D eigenvalue weighted by Crippen LogP contribution is -2.05. The summed E-state index contributed by atoms with van der Waals surface area (Å²) in [7, 11) is 1.63. The Hall–Kier alpha value is -3.21. The van der Waals surface area contributed by atoms with Gasteiger partial charge in [0.2, 0.25) is 0 Å². The SMILES string of the molecule is COc1cccc(-c2c(-c3cn4c5c(cccc35)CCC4)[nH][nH]c2=O)c1. The molecule has 130 valence electrons. The standard InChI is InChI=1S/C21H19N3O2/c1-26-15-8-2-6-14(11-15)18-19(22-23-21(18)25)17-12-24-10-4-7-13-5-3-9-16(17)20(13)24/h2-3,5-6,8-9,11-12H,4,7,10H2,1H3,(H2,22,23,25). The molecule has 4 aromatic rings. The zero-order chi connectivity index (χ0) is 17.7. The summed E-state index contributed by atoms with van der Waals surface area (Å²) in [5.41, 5.74) is 5.90. The summed E-state index contributed by atoms with van der Waals surface area (Å²) in [6, 6.07) is 14.1. The van der Waals surface area contributed by atoms with Gasteiger partial charge in [-0.15, -0.1) is 0 Å². The van der Waals surface area contributed by atoms with Gasteiger partial charge in [0.15, 0.2) is 0 Å². The molecule has 0 fully saturated rings. The van der Waals surface area contributed by atoms with Crippen molar-refractivity contribution in [3.8, 4) is 28.1 Å². The summed E-state index contributed by atoms with van der Waals surface area (Å²) in [6.07, 6.45) is 4.41. The van der Waals surface area contributed by atoms with Gasteiger partial charge in [0.1, 0.15) is 5.75 Å². The van der Waals surface area contributed by atoms with Crippen molar-refractivity contribution in [1.82, 2.24) is 14.8 Å². The van der Waals surface area contributed by atoms with Crippen molar-refractivity contribution in [3.63, 3.8) is 0 Å². The first kappa shape index (κ1) is 15.1. The maximum absolute atomic E-state index is 12.6. The van der Waals surface area contributed by atoms with Gasteiger partial charge < -0.3 is 9.30 Å². The fourth-order valence-corrected chi connectivity index (χ4v) is 4.07. The molecule has 0 saturated carbocycles. The van der Waals surface area contributed by atoms with Crippen LogP contribution in [0.25, 0.3) is 33.3 Å². The monoisotopic (exact) mass is 345 g/mol. The highest BCUT2D eigenvalue weighted by molar-refractivity contribution is 6.00. The smallest absolute Gasteiger partial charge is 0.272 e. The van der Waals surface area contributed by atoms with Crippen molar-refractivity contribution in [1.29, 1.82) is 0 Å². The molecule has 26 heavy (non-hydrogen) atoms. The van der Waals surface area contributed by atoms with Crippen LogP contribution in [-0.2, 0) is 13.0 Å². The number of para-hydroxylation sites is 1. The predicted octanol–water partition coefficient (Wildman–Crippen LogP) is 3.95. The van der Waals surface area contributed by atoms with Gasteiger partial charge in [-0.1, -0.05) is 30.3 Å². The molecule has 5 heteroatoms. The van der Waals surface area contributed by atoms with Crippen LogP contribution in [0.3, 0.4) is 0 Å². The van der Waals surface area contributed by atoms with Crippen LogP contribution in [0.1, 0.15) is 12.0 Å². The summed E-state index contributed by atoms with van der Waals surface area (Å²) in [4.78, 5) is 12.6. The van der Waals surface area contributed by atoms with E-state index >= 15 is 0 Å². The van der Waals surface area contributed by atoms with E-state index in [1.165, 1.54) is 16.5 Å². The Morgan fingerprint density at radius 2 is 2.00 bits per heavy atom. The molecule has 5 rings (SSSR count). The molecule has 2 aromatic carbocycles. The first-order valence-corrected chi connectivity index (χ1v) is 8.82. The molecule has 0 bridgehead atoms. The van der Waals surface area contributed by atoms with E-state index in [-0.39, 0.29) is 5.56 Å². The highest BCUT2D eigenvalue weighted by Crippen LogP contribution is 2.37. The first-order valence-electron chi connectivity index (χ1n) is 8.82. The Bertz CT molecular complexity index is 1180.